The number of aromatic nitrogens is 1. The molecule has 1 amide bonds. The Bertz CT molecular complexity index is 1120. The SMILES string of the molecule is CCOc1ccc(NC(=O)CSc2nc3ccccc3s2)cc1S(=O)(=O)N(CC)CC. The summed E-state index contributed by atoms with van der Waals surface area (Å²) in [5.41, 5.74) is 1.32. The first-order valence-electron chi connectivity index (χ1n) is 9.94. The maximum absolute atomic E-state index is 13.0. The van der Waals surface area contributed by atoms with E-state index in [0.29, 0.717) is 25.4 Å². The molecule has 0 saturated carbocycles. The molecule has 1 aromatic heterocycles. The van der Waals surface area contributed by atoms with Crippen LogP contribution in [0, 0.1) is 0 Å². The minimum absolute atomic E-state index is 0.0506. The van der Waals surface area contributed by atoms with Crippen LogP contribution in [0.15, 0.2) is 51.7 Å². The van der Waals surface area contributed by atoms with Crippen LogP contribution in [0.5, 0.6) is 5.75 Å². The van der Waals surface area contributed by atoms with E-state index in [1.807, 2.05) is 24.3 Å². The number of thiazole rings is 1. The normalized spacial score (nSPS) is 11.7. The van der Waals surface area contributed by atoms with E-state index in [2.05, 4.69) is 10.3 Å². The molecule has 10 heteroatoms. The predicted molar refractivity (Wildman–Crippen MR) is 127 cm³/mol. The van der Waals surface area contributed by atoms with Crippen molar-refractivity contribution in [2.45, 2.75) is 30.0 Å². The lowest BCUT2D eigenvalue weighted by molar-refractivity contribution is -0.113. The van der Waals surface area contributed by atoms with E-state index in [1.54, 1.807) is 32.9 Å². The van der Waals surface area contributed by atoms with Gasteiger partial charge >= 0.3 is 0 Å². The Kier molecular flexibility index (Phi) is 7.93. The highest BCUT2D eigenvalue weighted by atomic mass is 32.2. The van der Waals surface area contributed by atoms with Crippen molar-refractivity contribution in [3.05, 3.63) is 42.5 Å². The number of rotatable bonds is 10. The van der Waals surface area contributed by atoms with Gasteiger partial charge in [0.25, 0.3) is 0 Å². The highest BCUT2D eigenvalue weighted by molar-refractivity contribution is 8.01. The van der Waals surface area contributed by atoms with Crippen LogP contribution < -0.4 is 10.1 Å². The van der Waals surface area contributed by atoms with Crippen molar-refractivity contribution in [1.29, 1.82) is 0 Å². The van der Waals surface area contributed by atoms with Gasteiger partial charge < -0.3 is 10.1 Å². The van der Waals surface area contributed by atoms with Crippen molar-refractivity contribution in [2.75, 3.05) is 30.8 Å². The lowest BCUT2D eigenvalue weighted by Crippen LogP contribution is -2.31. The Balaban J connectivity index is 1.75. The molecule has 1 heterocycles. The molecular formula is C21H25N3O4S3. The van der Waals surface area contributed by atoms with Crippen LogP contribution >= 0.6 is 23.1 Å². The van der Waals surface area contributed by atoms with Crippen LogP contribution in [-0.4, -0.2) is 49.1 Å². The summed E-state index contributed by atoms with van der Waals surface area (Å²) in [7, 11) is -3.74. The molecule has 0 unspecified atom stereocenters. The summed E-state index contributed by atoms with van der Waals surface area (Å²) in [5, 5.41) is 2.78. The number of carbonyl (C=O) groups excluding carboxylic acids is 1. The number of benzene rings is 2. The summed E-state index contributed by atoms with van der Waals surface area (Å²) in [6.07, 6.45) is 0. The van der Waals surface area contributed by atoms with E-state index in [-0.39, 0.29) is 22.3 Å². The summed E-state index contributed by atoms with van der Waals surface area (Å²) in [6, 6.07) is 12.5. The highest BCUT2D eigenvalue weighted by Crippen LogP contribution is 2.31. The standard InChI is InChI=1S/C21H25N3O4S3/c1-4-24(5-2)31(26,27)19-13-15(11-12-17(19)28-6-3)22-20(25)14-29-21-23-16-9-7-8-10-18(16)30-21/h7-13H,4-6,14H2,1-3H3,(H,22,25). The fourth-order valence-corrected chi connectivity index (χ4v) is 6.49. The lowest BCUT2D eigenvalue weighted by atomic mass is 10.3. The molecule has 0 bridgehead atoms. The second-order valence-electron chi connectivity index (χ2n) is 6.47. The molecular weight excluding hydrogens is 454 g/mol. The van der Waals surface area contributed by atoms with Crippen LogP contribution in [0.4, 0.5) is 5.69 Å². The predicted octanol–water partition coefficient (Wildman–Crippen LogP) is 4.46. The summed E-state index contributed by atoms with van der Waals surface area (Å²) < 4.78 is 34.9. The Morgan fingerprint density at radius 1 is 1.16 bits per heavy atom. The number of nitrogens with zero attached hydrogens (tertiary/aromatic N) is 2. The highest BCUT2D eigenvalue weighted by Gasteiger charge is 2.26. The zero-order chi connectivity index (χ0) is 22.4. The average Bonchev–Trinajstić information content (AvgIpc) is 3.17. The number of hydrogen-bond acceptors (Lipinski definition) is 7. The van der Waals surface area contributed by atoms with Crippen molar-refractivity contribution < 1.29 is 17.9 Å². The van der Waals surface area contributed by atoms with Gasteiger partial charge in [0.1, 0.15) is 10.6 Å². The summed E-state index contributed by atoms with van der Waals surface area (Å²) >= 11 is 2.89. The van der Waals surface area contributed by atoms with Gasteiger partial charge in [-0.05, 0) is 37.3 Å². The molecule has 0 radical (unpaired) electrons. The number of amides is 1. The third-order valence-corrected chi connectivity index (χ3v) is 8.70. The van der Waals surface area contributed by atoms with Gasteiger partial charge in [0.2, 0.25) is 15.9 Å². The van der Waals surface area contributed by atoms with Crippen molar-refractivity contribution in [2.24, 2.45) is 0 Å². The smallest absolute Gasteiger partial charge is 0.246 e. The largest absolute Gasteiger partial charge is 0.492 e. The van der Waals surface area contributed by atoms with Gasteiger partial charge in [-0.1, -0.05) is 37.7 Å². The van der Waals surface area contributed by atoms with Crippen molar-refractivity contribution in [3.8, 4) is 5.75 Å². The molecule has 3 aromatic rings. The molecule has 31 heavy (non-hydrogen) atoms. The number of anilines is 1. The lowest BCUT2D eigenvalue weighted by Gasteiger charge is -2.21. The number of hydrogen-bond donors (Lipinski definition) is 1. The Morgan fingerprint density at radius 2 is 1.90 bits per heavy atom. The van der Waals surface area contributed by atoms with Crippen molar-refractivity contribution in [3.63, 3.8) is 0 Å². The molecule has 3 rings (SSSR count). The van der Waals surface area contributed by atoms with E-state index in [1.165, 1.54) is 33.5 Å². The summed E-state index contributed by atoms with van der Waals surface area (Å²) in [4.78, 5) is 17.0. The molecule has 0 aliphatic carbocycles. The molecule has 0 aliphatic heterocycles. The summed E-state index contributed by atoms with van der Waals surface area (Å²) in [6.45, 7) is 6.40. The van der Waals surface area contributed by atoms with Crippen molar-refractivity contribution >= 4 is 54.9 Å². The van der Waals surface area contributed by atoms with Gasteiger partial charge in [-0.25, -0.2) is 13.4 Å². The van der Waals surface area contributed by atoms with Crippen molar-refractivity contribution in [1.82, 2.24) is 9.29 Å². The second-order valence-corrected chi connectivity index (χ2v) is 10.6. The minimum atomic E-state index is -3.74. The van der Waals surface area contributed by atoms with Gasteiger partial charge in [0.05, 0.1) is 22.6 Å². The number of carbonyl (C=O) groups is 1. The molecule has 2 aromatic carbocycles. The third kappa shape index (κ3) is 5.57. The first-order chi connectivity index (χ1) is 14.9. The van der Waals surface area contributed by atoms with Gasteiger partial charge in [0.15, 0.2) is 4.34 Å². The zero-order valence-electron chi connectivity index (χ0n) is 17.6. The van der Waals surface area contributed by atoms with Crippen LogP contribution in [0.25, 0.3) is 10.2 Å². The maximum atomic E-state index is 13.0. The van der Waals surface area contributed by atoms with Crippen LogP contribution in [-0.2, 0) is 14.8 Å². The molecule has 166 valence electrons. The minimum Gasteiger partial charge on any atom is -0.492 e. The Labute approximate surface area is 190 Å². The fraction of sp³-hybridized carbons (Fsp3) is 0.333. The maximum Gasteiger partial charge on any atom is 0.246 e. The fourth-order valence-electron chi connectivity index (χ4n) is 3.00. The Morgan fingerprint density at radius 3 is 2.58 bits per heavy atom. The van der Waals surface area contributed by atoms with Crippen LogP contribution in [0.1, 0.15) is 20.8 Å². The second kappa shape index (κ2) is 10.4. The number of sulfonamides is 1. The number of para-hydroxylation sites is 1. The number of nitrogens with one attached hydrogen (secondary N) is 1. The summed E-state index contributed by atoms with van der Waals surface area (Å²) in [5.74, 6) is 0.210. The van der Waals surface area contributed by atoms with Gasteiger partial charge in [-0.2, -0.15) is 4.31 Å². The molecule has 1 N–H and O–H groups in total. The van der Waals surface area contributed by atoms with Gasteiger partial charge in [-0.15, -0.1) is 11.3 Å². The topological polar surface area (TPSA) is 88.6 Å². The number of ether oxygens (including phenoxy) is 1. The van der Waals surface area contributed by atoms with Crippen LogP contribution in [0.3, 0.4) is 0 Å². The first-order valence-corrected chi connectivity index (χ1v) is 13.2. The average molecular weight is 480 g/mol. The Hall–Kier alpha value is -2.14. The van der Waals surface area contributed by atoms with E-state index >= 15 is 0 Å². The molecule has 0 saturated heterocycles. The molecule has 0 aliphatic rings. The van der Waals surface area contributed by atoms with Gasteiger partial charge in [-0.3, -0.25) is 4.79 Å². The first kappa shape index (κ1) is 23.5. The molecule has 7 nitrogen and oxygen atoms in total. The van der Waals surface area contributed by atoms with Gasteiger partial charge in [0, 0.05) is 18.8 Å². The monoisotopic (exact) mass is 479 g/mol. The molecule has 0 atom stereocenters. The van der Waals surface area contributed by atoms with E-state index in [9.17, 15) is 13.2 Å². The third-order valence-electron chi connectivity index (χ3n) is 4.45. The molecule has 0 fully saturated rings. The van der Waals surface area contributed by atoms with Crippen LogP contribution in [0.2, 0.25) is 0 Å². The van der Waals surface area contributed by atoms with E-state index < -0.39 is 10.0 Å². The number of fused-ring (bicyclic) bond motifs is 1. The quantitative estimate of drug-likeness (QED) is 0.432. The number of thioether (sulfide) groups is 1. The van der Waals surface area contributed by atoms with E-state index in [0.717, 1.165) is 14.6 Å². The zero-order valence-corrected chi connectivity index (χ0v) is 20.1. The molecule has 0 spiro atoms. The van der Waals surface area contributed by atoms with E-state index in [4.69, 9.17) is 4.74 Å².